The summed E-state index contributed by atoms with van der Waals surface area (Å²) in [6.07, 6.45) is 28.0. The zero-order valence-electron chi connectivity index (χ0n) is 42.0. The van der Waals surface area contributed by atoms with Crippen LogP contribution in [-0.4, -0.2) is 55.5 Å². The van der Waals surface area contributed by atoms with Gasteiger partial charge < -0.3 is 14.2 Å². The average molecular weight is 847 g/mol. The molecule has 0 aromatic heterocycles. The minimum absolute atomic E-state index is 0.179. The summed E-state index contributed by atoms with van der Waals surface area (Å²) < 4.78 is 17.4. The maximum atomic E-state index is 13.1. The molecule has 0 radical (unpaired) electrons. The first-order valence-electron chi connectivity index (χ1n) is 24.3. The summed E-state index contributed by atoms with van der Waals surface area (Å²) in [6, 6.07) is 0. The van der Waals surface area contributed by atoms with Crippen LogP contribution in [0.25, 0.3) is 0 Å². The van der Waals surface area contributed by atoms with Crippen molar-refractivity contribution in [2.75, 3.05) is 21.3 Å². The maximum Gasteiger partial charge on any atom is 0.176 e. The molecular weight excluding hydrogens is 757 g/mol. The van der Waals surface area contributed by atoms with Gasteiger partial charge in [-0.3, -0.25) is 14.4 Å². The van der Waals surface area contributed by atoms with E-state index in [1.54, 1.807) is 21.3 Å². The Bertz CT molecular complexity index is 1660. The van der Waals surface area contributed by atoms with Gasteiger partial charge in [-0.1, -0.05) is 133 Å². The standard InChI is InChI=1S/2C19H32O2.C17H26O2/c1-7-9-10-17(8-2)13-18(20)19(21-6)15(4)12-11-14(3)16(19)5;1-6-7-8-9-10-11-12-18(20)19(21-5)16(3)14-13-15(2)17(19)4;1-12-10-11-13(2)17(19-4,14(12)3)16(18)15-8-6-5-7-9-15/h12,17H,7-11,13H2,1-6H3;14H,6-13H2,1-5H3;11,15H,5-10H2,1-4H3. The monoisotopic (exact) mass is 847 g/mol. The molecule has 4 atom stereocenters. The van der Waals surface area contributed by atoms with Gasteiger partial charge in [0.25, 0.3) is 0 Å². The quantitative estimate of drug-likeness (QED) is 0.0897. The Morgan fingerprint density at radius 3 is 1.41 bits per heavy atom. The number of Topliss-reactive ketones (excluding diaryl/α,β-unsaturated/α-hetero) is 3. The summed E-state index contributed by atoms with van der Waals surface area (Å²) in [5.74, 6) is 1.41. The normalized spacial score (nSPS) is 25.1. The second kappa shape index (κ2) is 26.2. The molecule has 6 heteroatoms. The first kappa shape index (κ1) is 54.5. The van der Waals surface area contributed by atoms with E-state index in [0.29, 0.717) is 24.5 Å². The Morgan fingerprint density at radius 2 is 0.967 bits per heavy atom. The van der Waals surface area contributed by atoms with E-state index >= 15 is 0 Å². The molecule has 0 bridgehead atoms. The molecule has 0 aromatic rings. The molecule has 4 unspecified atom stereocenters. The van der Waals surface area contributed by atoms with Crippen molar-refractivity contribution < 1.29 is 28.6 Å². The van der Waals surface area contributed by atoms with E-state index in [9.17, 15) is 14.4 Å². The van der Waals surface area contributed by atoms with Crippen LogP contribution in [0.4, 0.5) is 0 Å². The fraction of sp³-hybridized carbons (Fsp3) is 0.727. The third-order valence-electron chi connectivity index (χ3n) is 15.1. The van der Waals surface area contributed by atoms with Crippen LogP contribution in [-0.2, 0) is 28.6 Å². The first-order valence-corrected chi connectivity index (χ1v) is 24.3. The zero-order valence-corrected chi connectivity index (χ0v) is 42.0. The van der Waals surface area contributed by atoms with Gasteiger partial charge in [-0.2, -0.15) is 0 Å². The van der Waals surface area contributed by atoms with Gasteiger partial charge >= 0.3 is 0 Å². The van der Waals surface area contributed by atoms with Gasteiger partial charge in [-0.15, -0.1) is 0 Å². The number of carbonyl (C=O) groups excluding carboxylic acids is 3. The van der Waals surface area contributed by atoms with Crippen molar-refractivity contribution in [3.05, 3.63) is 68.4 Å². The minimum atomic E-state index is -0.804. The van der Waals surface area contributed by atoms with Crippen LogP contribution >= 0.6 is 0 Å². The van der Waals surface area contributed by atoms with E-state index in [-0.39, 0.29) is 17.5 Å². The zero-order chi connectivity index (χ0) is 46.0. The molecule has 0 N–H and O–H groups in total. The number of ketones is 3. The Morgan fingerprint density at radius 1 is 0.557 bits per heavy atom. The predicted molar refractivity (Wildman–Crippen MR) is 257 cm³/mol. The summed E-state index contributed by atoms with van der Waals surface area (Å²) in [5.41, 5.74) is 7.94. The number of unbranched alkanes of at least 4 members (excludes halogenated alkanes) is 6. The molecule has 4 aliphatic rings. The summed E-state index contributed by atoms with van der Waals surface area (Å²) in [7, 11) is 5.02. The van der Waals surface area contributed by atoms with Gasteiger partial charge in [0.2, 0.25) is 0 Å². The molecule has 0 amide bonds. The van der Waals surface area contributed by atoms with E-state index in [1.165, 1.54) is 74.5 Å². The smallest absolute Gasteiger partial charge is 0.176 e. The molecule has 6 nitrogen and oxygen atoms in total. The van der Waals surface area contributed by atoms with Crippen LogP contribution in [0, 0.1) is 11.8 Å². The lowest BCUT2D eigenvalue weighted by atomic mass is 9.70. The number of ether oxygens (including phenoxy) is 3. The third kappa shape index (κ3) is 12.7. The highest BCUT2D eigenvalue weighted by molar-refractivity contribution is 5.97. The van der Waals surface area contributed by atoms with Gasteiger partial charge in [0.1, 0.15) is 0 Å². The number of methoxy groups -OCH3 is 3. The lowest BCUT2D eigenvalue weighted by Crippen LogP contribution is -2.48. The van der Waals surface area contributed by atoms with Crippen molar-refractivity contribution in [1.82, 2.24) is 0 Å². The number of hydrogen-bond acceptors (Lipinski definition) is 6. The number of rotatable bonds is 20. The van der Waals surface area contributed by atoms with Crippen molar-refractivity contribution in [3.8, 4) is 0 Å². The van der Waals surface area contributed by atoms with E-state index < -0.39 is 16.8 Å². The first-order chi connectivity index (χ1) is 29.0. The van der Waals surface area contributed by atoms with Gasteiger partial charge in [-0.05, 0) is 140 Å². The fourth-order valence-electron chi connectivity index (χ4n) is 10.3. The van der Waals surface area contributed by atoms with Crippen LogP contribution in [0.15, 0.2) is 68.4 Å². The van der Waals surface area contributed by atoms with Gasteiger partial charge in [0, 0.05) is 40.1 Å². The maximum absolute atomic E-state index is 13.1. The summed E-state index contributed by atoms with van der Waals surface area (Å²) in [5, 5.41) is 0. The van der Waals surface area contributed by atoms with Gasteiger partial charge in [0.15, 0.2) is 34.2 Å². The van der Waals surface area contributed by atoms with E-state index in [2.05, 4.69) is 80.5 Å². The summed E-state index contributed by atoms with van der Waals surface area (Å²) >= 11 is 0. The highest BCUT2D eigenvalue weighted by atomic mass is 16.5. The van der Waals surface area contributed by atoms with Gasteiger partial charge in [-0.25, -0.2) is 0 Å². The average Bonchev–Trinajstić information content (AvgIpc) is 3.26. The van der Waals surface area contributed by atoms with Crippen LogP contribution in [0.5, 0.6) is 0 Å². The Balaban J connectivity index is 0.000000315. The van der Waals surface area contributed by atoms with Crippen molar-refractivity contribution in [2.24, 2.45) is 11.8 Å². The third-order valence-corrected chi connectivity index (χ3v) is 15.1. The SMILES string of the molecule is CCCCC(CC)CC(=O)C1(OC)C(C)=CCC(C)=C1C.CCCCCCCCC(=O)C1(OC)C(C)=CCC(C)=C1C.COC1(C(=O)C2CCCCC2)C(C)=CCC(C)=C1C. The lowest BCUT2D eigenvalue weighted by molar-refractivity contribution is -0.139. The Kier molecular flexibility index (Phi) is 23.4. The van der Waals surface area contributed by atoms with Crippen molar-refractivity contribution >= 4 is 17.3 Å². The highest BCUT2D eigenvalue weighted by Gasteiger charge is 2.47. The van der Waals surface area contributed by atoms with E-state index in [4.69, 9.17) is 14.2 Å². The molecule has 0 aromatic carbocycles. The van der Waals surface area contributed by atoms with Crippen LogP contribution in [0.3, 0.4) is 0 Å². The molecule has 0 spiro atoms. The van der Waals surface area contributed by atoms with Crippen LogP contribution in [0.1, 0.15) is 212 Å². The van der Waals surface area contributed by atoms with Gasteiger partial charge in [0.05, 0.1) is 0 Å². The summed E-state index contributed by atoms with van der Waals surface area (Å²) in [6.45, 7) is 25.2. The summed E-state index contributed by atoms with van der Waals surface area (Å²) in [4.78, 5) is 38.9. The molecule has 0 heterocycles. The Hall–Kier alpha value is -2.67. The predicted octanol–water partition coefficient (Wildman–Crippen LogP) is 14.8. The van der Waals surface area contributed by atoms with Crippen molar-refractivity contribution in [2.45, 2.75) is 228 Å². The molecule has 4 aliphatic carbocycles. The minimum Gasteiger partial charge on any atom is -0.362 e. The highest BCUT2D eigenvalue weighted by Crippen LogP contribution is 2.43. The number of hydrogen-bond donors (Lipinski definition) is 0. The van der Waals surface area contributed by atoms with Crippen LogP contribution in [0.2, 0.25) is 0 Å². The molecular formula is C55H90O6. The molecule has 61 heavy (non-hydrogen) atoms. The van der Waals surface area contributed by atoms with E-state index in [0.717, 1.165) is 91.2 Å². The largest absolute Gasteiger partial charge is 0.362 e. The second-order valence-electron chi connectivity index (χ2n) is 18.8. The molecule has 1 saturated carbocycles. The molecule has 0 aliphatic heterocycles. The fourth-order valence-corrected chi connectivity index (χ4v) is 10.3. The molecule has 1 fully saturated rings. The lowest BCUT2D eigenvalue weighted by Gasteiger charge is -2.40. The molecule has 0 saturated heterocycles. The van der Waals surface area contributed by atoms with Crippen LogP contribution < -0.4 is 0 Å². The van der Waals surface area contributed by atoms with Crippen molar-refractivity contribution in [1.29, 1.82) is 0 Å². The topological polar surface area (TPSA) is 78.9 Å². The molecule has 4 rings (SSSR count). The second-order valence-corrected chi connectivity index (χ2v) is 18.8. The number of allylic oxidation sites excluding steroid dienone is 6. The molecule has 346 valence electrons. The number of carbonyl (C=O) groups is 3. The van der Waals surface area contributed by atoms with Crippen molar-refractivity contribution in [3.63, 3.8) is 0 Å². The Labute approximate surface area is 374 Å². The van der Waals surface area contributed by atoms with E-state index in [1.807, 2.05) is 20.8 Å².